The van der Waals surface area contributed by atoms with E-state index in [-0.39, 0.29) is 54.5 Å². The third-order valence-electron chi connectivity index (χ3n) is 8.24. The third kappa shape index (κ3) is 7.52. The van der Waals surface area contributed by atoms with Gasteiger partial charge < -0.3 is 23.9 Å². The predicted octanol–water partition coefficient (Wildman–Crippen LogP) is 6.22. The largest absolute Gasteiger partial charge is 0.486 e. The number of ether oxygens (including phenoxy) is 3. The third-order valence-corrected chi connectivity index (χ3v) is 8.24. The number of para-hydroxylation sites is 2. The maximum atomic E-state index is 14.9. The van der Waals surface area contributed by atoms with Crippen molar-refractivity contribution in [3.63, 3.8) is 0 Å². The van der Waals surface area contributed by atoms with Crippen molar-refractivity contribution in [1.82, 2.24) is 9.47 Å². The highest BCUT2D eigenvalue weighted by atomic mass is 19.4. The van der Waals surface area contributed by atoms with Gasteiger partial charge in [0, 0.05) is 55.5 Å². The van der Waals surface area contributed by atoms with Gasteiger partial charge in [-0.05, 0) is 50.5 Å². The maximum absolute atomic E-state index is 14.9. The van der Waals surface area contributed by atoms with Crippen molar-refractivity contribution in [2.45, 2.75) is 57.2 Å². The number of carbonyl (C=O) groups excluding carboxylic acids is 1. The van der Waals surface area contributed by atoms with Crippen LogP contribution in [-0.4, -0.2) is 70.1 Å². The smallest absolute Gasteiger partial charge is 0.422 e. The van der Waals surface area contributed by atoms with Gasteiger partial charge in [0.15, 0.2) is 17.6 Å². The highest BCUT2D eigenvalue weighted by molar-refractivity contribution is 5.87. The van der Waals surface area contributed by atoms with Crippen LogP contribution in [0.4, 0.5) is 18.9 Å². The van der Waals surface area contributed by atoms with Crippen LogP contribution in [0.15, 0.2) is 79.0 Å². The van der Waals surface area contributed by atoms with Crippen molar-refractivity contribution in [2.75, 3.05) is 26.2 Å². The van der Waals surface area contributed by atoms with Crippen LogP contribution in [0.5, 0.6) is 11.5 Å². The molecule has 5 rings (SSSR count). The number of esters is 1. The molecule has 4 aromatic rings. The summed E-state index contributed by atoms with van der Waals surface area (Å²) >= 11 is 0. The lowest BCUT2D eigenvalue weighted by atomic mass is 9.91. The fourth-order valence-corrected chi connectivity index (χ4v) is 5.79. The molecule has 1 saturated heterocycles. The average Bonchev–Trinajstić information content (AvgIpc) is 3.40. The molecule has 2 unspecified atom stereocenters. The summed E-state index contributed by atoms with van der Waals surface area (Å²) in [6, 6.07) is 19.5. The fourth-order valence-electron chi connectivity index (χ4n) is 5.79. The van der Waals surface area contributed by atoms with Gasteiger partial charge in [0.25, 0.3) is 5.69 Å². The Labute approximate surface area is 269 Å². The number of nitro benzene ring substituents is 1. The first-order valence-corrected chi connectivity index (χ1v) is 15.3. The molecule has 2 heterocycles. The predicted molar refractivity (Wildman–Crippen MR) is 167 cm³/mol. The Bertz CT molecular complexity index is 1700. The Morgan fingerprint density at radius 3 is 2.34 bits per heavy atom. The van der Waals surface area contributed by atoms with E-state index in [0.717, 1.165) is 11.6 Å². The van der Waals surface area contributed by atoms with Crippen molar-refractivity contribution < 1.29 is 42.2 Å². The number of rotatable bonds is 12. The van der Waals surface area contributed by atoms with Crippen LogP contribution in [0.2, 0.25) is 0 Å². The van der Waals surface area contributed by atoms with Crippen LogP contribution in [-0.2, 0) is 21.7 Å². The number of hydrogen-bond acceptors (Lipinski definition) is 8. The first kappa shape index (κ1) is 33.7. The van der Waals surface area contributed by atoms with Gasteiger partial charge in [0.2, 0.25) is 5.60 Å². The molecule has 1 N–H and O–H groups in total. The Morgan fingerprint density at radius 2 is 1.70 bits per heavy atom. The monoisotopic (exact) mass is 655 g/mol. The van der Waals surface area contributed by atoms with E-state index in [2.05, 4.69) is 0 Å². The van der Waals surface area contributed by atoms with E-state index >= 15 is 0 Å². The van der Waals surface area contributed by atoms with Crippen LogP contribution < -0.4 is 9.47 Å². The summed E-state index contributed by atoms with van der Waals surface area (Å²) in [5, 5.41) is 23.1. The molecule has 47 heavy (non-hydrogen) atoms. The molecular formula is C34H36F3N3O7. The topological polar surface area (TPSA) is 116 Å². The molecule has 1 aromatic heterocycles. The van der Waals surface area contributed by atoms with Gasteiger partial charge in [0.05, 0.1) is 17.0 Å². The van der Waals surface area contributed by atoms with Gasteiger partial charge in [-0.15, -0.1) is 0 Å². The van der Waals surface area contributed by atoms with E-state index in [1.165, 1.54) is 22.9 Å². The van der Waals surface area contributed by atoms with E-state index in [1.807, 2.05) is 6.07 Å². The summed E-state index contributed by atoms with van der Waals surface area (Å²) in [4.78, 5) is 24.5. The Hall–Kier alpha value is -4.62. The minimum Gasteiger partial charge on any atom is -0.486 e. The van der Waals surface area contributed by atoms with Crippen molar-refractivity contribution in [1.29, 1.82) is 0 Å². The molecule has 0 amide bonds. The number of halogens is 3. The van der Waals surface area contributed by atoms with E-state index in [0.29, 0.717) is 24.3 Å². The molecule has 1 fully saturated rings. The molecule has 1 aliphatic heterocycles. The van der Waals surface area contributed by atoms with Crippen LogP contribution >= 0.6 is 0 Å². The number of benzene rings is 3. The van der Waals surface area contributed by atoms with Crippen molar-refractivity contribution in [3.8, 4) is 11.5 Å². The van der Waals surface area contributed by atoms with Gasteiger partial charge in [-0.3, -0.25) is 15.0 Å². The number of carbonyl (C=O) groups is 1. The van der Waals surface area contributed by atoms with E-state index in [4.69, 9.17) is 14.2 Å². The summed E-state index contributed by atoms with van der Waals surface area (Å²) in [6.45, 7) is 3.31. The second kappa shape index (κ2) is 14.0. The minimum atomic E-state index is -5.06. The lowest BCUT2D eigenvalue weighted by Crippen LogP contribution is -2.53. The number of nitro groups is 1. The number of hydrogen-bond donors (Lipinski definition) is 1. The SMILES string of the molecule is CCOC(=O)C(C)Oc1ccccc1OC1CCN(CC(O)(c2cn(Cc3ccccc3)c3cc([N+](=O)[O-])ccc23)C(F)(F)F)CC1. The number of likely N-dealkylation sites (tertiary alicyclic amines) is 1. The van der Waals surface area contributed by atoms with Crippen LogP contribution in [0.3, 0.4) is 0 Å². The summed E-state index contributed by atoms with van der Waals surface area (Å²) in [5.74, 6) is 0.220. The van der Waals surface area contributed by atoms with E-state index in [9.17, 15) is 33.2 Å². The van der Waals surface area contributed by atoms with E-state index in [1.54, 1.807) is 67.3 Å². The van der Waals surface area contributed by atoms with Crippen LogP contribution in [0, 0.1) is 10.1 Å². The minimum absolute atomic E-state index is 0.0817. The Morgan fingerprint density at radius 1 is 1.04 bits per heavy atom. The molecule has 2 atom stereocenters. The fraction of sp³-hybridized carbons (Fsp3) is 0.382. The highest BCUT2D eigenvalue weighted by Gasteiger charge is 2.57. The molecule has 13 heteroatoms. The molecule has 1 aliphatic rings. The van der Waals surface area contributed by atoms with Crippen molar-refractivity contribution in [2.24, 2.45) is 0 Å². The van der Waals surface area contributed by atoms with E-state index < -0.39 is 35.3 Å². The number of nitrogens with zero attached hydrogens (tertiary/aromatic N) is 3. The van der Waals surface area contributed by atoms with Crippen molar-refractivity contribution in [3.05, 3.63) is 100 Å². The van der Waals surface area contributed by atoms with Gasteiger partial charge in [-0.25, -0.2) is 4.79 Å². The number of aromatic nitrogens is 1. The molecule has 3 aromatic carbocycles. The molecular weight excluding hydrogens is 619 g/mol. The molecule has 0 spiro atoms. The summed E-state index contributed by atoms with van der Waals surface area (Å²) < 4.78 is 63.0. The molecule has 0 bridgehead atoms. The zero-order valence-corrected chi connectivity index (χ0v) is 26.0. The quantitative estimate of drug-likeness (QED) is 0.109. The molecule has 10 nitrogen and oxygen atoms in total. The Kier molecular flexibility index (Phi) is 10.1. The van der Waals surface area contributed by atoms with Crippen LogP contribution in [0.1, 0.15) is 37.8 Å². The number of β-amino-alcohol motifs (C(OH)–C–C–N with tert-alkyl or cyclic N) is 1. The first-order chi connectivity index (χ1) is 22.4. The second-order valence-electron chi connectivity index (χ2n) is 11.5. The van der Waals surface area contributed by atoms with Crippen LogP contribution in [0.25, 0.3) is 10.9 Å². The second-order valence-corrected chi connectivity index (χ2v) is 11.5. The van der Waals surface area contributed by atoms with Gasteiger partial charge in [-0.1, -0.05) is 42.5 Å². The standard InChI is InChI=1S/C34H36F3N3O7/c1-3-45-32(41)23(2)46-30-11-7-8-12-31(30)47-26-15-17-38(18-16-26)22-33(42,34(35,36)37)28-21-39(20-24-9-5-4-6-10-24)29-19-25(40(43)44)13-14-27(28)29/h4-14,19,21,23,26,42H,3,15-18,20,22H2,1-2H3. The maximum Gasteiger partial charge on any atom is 0.422 e. The van der Waals surface area contributed by atoms with Gasteiger partial charge in [-0.2, -0.15) is 13.2 Å². The Balaban J connectivity index is 1.35. The van der Waals surface area contributed by atoms with Gasteiger partial charge in [0.1, 0.15) is 6.10 Å². The number of non-ortho nitro benzene ring substituents is 1. The first-order valence-electron chi connectivity index (χ1n) is 15.3. The lowest BCUT2D eigenvalue weighted by Gasteiger charge is -2.39. The summed E-state index contributed by atoms with van der Waals surface area (Å²) in [5.41, 5.74) is -2.91. The molecule has 250 valence electrons. The molecule has 0 aliphatic carbocycles. The number of aliphatic hydroxyl groups is 1. The zero-order chi connectivity index (χ0) is 33.8. The number of piperidine rings is 1. The van der Waals surface area contributed by atoms with Gasteiger partial charge >= 0.3 is 12.1 Å². The normalized spacial score (nSPS) is 16.4. The number of alkyl halides is 3. The van der Waals surface area contributed by atoms with Crippen molar-refractivity contribution >= 4 is 22.6 Å². The summed E-state index contributed by atoms with van der Waals surface area (Å²) in [7, 11) is 0. The lowest BCUT2D eigenvalue weighted by molar-refractivity contribution is -0.384. The average molecular weight is 656 g/mol. The molecule has 0 radical (unpaired) electrons. The highest BCUT2D eigenvalue weighted by Crippen LogP contribution is 2.44. The molecule has 0 saturated carbocycles. The zero-order valence-electron chi connectivity index (χ0n) is 26.0. The summed E-state index contributed by atoms with van der Waals surface area (Å²) in [6.07, 6.45) is -4.28. The number of fused-ring (bicyclic) bond motifs is 1.